The highest BCUT2D eigenvalue weighted by Crippen LogP contribution is 2.18. The van der Waals surface area contributed by atoms with Gasteiger partial charge in [-0.1, -0.05) is 38.1 Å². The molecule has 3 N–H and O–H groups in total. The summed E-state index contributed by atoms with van der Waals surface area (Å²) in [5, 5.41) is 3.20. The van der Waals surface area contributed by atoms with Gasteiger partial charge in [0.15, 0.2) is 5.96 Å². The summed E-state index contributed by atoms with van der Waals surface area (Å²) in [5.41, 5.74) is 8.82. The summed E-state index contributed by atoms with van der Waals surface area (Å²) in [5.74, 6) is 1.13. The van der Waals surface area contributed by atoms with Crippen molar-refractivity contribution in [3.05, 3.63) is 35.4 Å². The molecule has 0 spiro atoms. The number of hydrogen-bond acceptors (Lipinski definition) is 2. The fourth-order valence-electron chi connectivity index (χ4n) is 2.60. The molecule has 4 heteroatoms. The van der Waals surface area contributed by atoms with E-state index in [1.165, 1.54) is 17.5 Å². The van der Waals surface area contributed by atoms with Gasteiger partial charge in [0.1, 0.15) is 0 Å². The number of fused-ring (bicyclic) bond motifs is 1. The van der Waals surface area contributed by atoms with Gasteiger partial charge in [0.25, 0.3) is 0 Å². The second-order valence-electron chi connectivity index (χ2n) is 6.19. The van der Waals surface area contributed by atoms with Crippen molar-refractivity contribution in [2.45, 2.75) is 33.2 Å². The minimum absolute atomic E-state index is 0.554. The summed E-state index contributed by atoms with van der Waals surface area (Å²) in [4.78, 5) is 6.83. The van der Waals surface area contributed by atoms with Crippen molar-refractivity contribution in [2.75, 3.05) is 26.2 Å². The van der Waals surface area contributed by atoms with Gasteiger partial charge in [-0.05, 0) is 29.9 Å². The average Bonchev–Trinajstić information content (AvgIpc) is 2.49. The van der Waals surface area contributed by atoms with E-state index in [0.29, 0.717) is 11.9 Å². The smallest absolute Gasteiger partial charge is 0.188 e. The van der Waals surface area contributed by atoms with Crippen LogP contribution < -0.4 is 11.1 Å². The lowest BCUT2D eigenvalue weighted by atomic mass is 10.00. The zero-order chi connectivity index (χ0) is 15.1. The van der Waals surface area contributed by atoms with Crippen LogP contribution in [0, 0.1) is 5.92 Å². The van der Waals surface area contributed by atoms with Gasteiger partial charge in [0, 0.05) is 32.7 Å². The van der Waals surface area contributed by atoms with Crippen molar-refractivity contribution < 1.29 is 0 Å². The molecule has 0 amide bonds. The van der Waals surface area contributed by atoms with Crippen LogP contribution in [0.1, 0.15) is 31.4 Å². The van der Waals surface area contributed by atoms with E-state index < -0.39 is 0 Å². The number of nitrogens with zero attached hydrogens (tertiary/aromatic N) is 2. The van der Waals surface area contributed by atoms with E-state index in [-0.39, 0.29) is 0 Å². The molecule has 2 rings (SSSR count). The van der Waals surface area contributed by atoms with E-state index >= 15 is 0 Å². The van der Waals surface area contributed by atoms with Crippen LogP contribution >= 0.6 is 0 Å². The van der Waals surface area contributed by atoms with Crippen LogP contribution in [0.4, 0.5) is 0 Å². The Kier molecular flexibility index (Phi) is 6.05. The Hall–Kier alpha value is -1.55. The second kappa shape index (κ2) is 8.03. The summed E-state index contributed by atoms with van der Waals surface area (Å²) < 4.78 is 0. The maximum atomic E-state index is 5.83. The summed E-state index contributed by atoms with van der Waals surface area (Å²) in [6.45, 7) is 9.32. The molecule has 0 bridgehead atoms. The molecule has 4 nitrogen and oxygen atoms in total. The van der Waals surface area contributed by atoms with Crippen molar-refractivity contribution in [1.82, 2.24) is 10.2 Å². The normalized spacial score (nSPS) is 16.0. The fourth-order valence-corrected chi connectivity index (χ4v) is 2.60. The Bertz CT molecular complexity index is 468. The highest BCUT2D eigenvalue weighted by atomic mass is 15.1. The lowest BCUT2D eigenvalue weighted by Gasteiger charge is -2.28. The molecule has 0 aliphatic carbocycles. The first-order chi connectivity index (χ1) is 10.1. The summed E-state index contributed by atoms with van der Waals surface area (Å²) >= 11 is 0. The number of nitrogens with two attached hydrogens (primary N) is 1. The maximum absolute atomic E-state index is 5.83. The molecule has 0 unspecified atom stereocenters. The number of guanidine groups is 1. The Labute approximate surface area is 128 Å². The third-order valence-corrected chi connectivity index (χ3v) is 3.79. The number of nitrogens with one attached hydrogen (secondary N) is 1. The third-order valence-electron chi connectivity index (χ3n) is 3.79. The number of rotatable bonds is 6. The summed E-state index contributed by atoms with van der Waals surface area (Å²) in [7, 11) is 0. The SMILES string of the molecule is CC(C)CN=C(N)NCCCN1CCc2ccccc2C1. The zero-order valence-corrected chi connectivity index (χ0v) is 13.3. The van der Waals surface area contributed by atoms with Crippen LogP contribution in [-0.2, 0) is 13.0 Å². The molecule has 1 aliphatic heterocycles. The number of aliphatic imine (C=N–C) groups is 1. The van der Waals surface area contributed by atoms with Gasteiger partial charge in [-0.3, -0.25) is 9.89 Å². The van der Waals surface area contributed by atoms with E-state index in [1.54, 1.807) is 0 Å². The van der Waals surface area contributed by atoms with Gasteiger partial charge in [0.05, 0.1) is 0 Å². The quantitative estimate of drug-likeness (QED) is 0.478. The molecule has 0 saturated carbocycles. The molecule has 0 radical (unpaired) electrons. The van der Waals surface area contributed by atoms with Crippen LogP contribution in [0.2, 0.25) is 0 Å². The van der Waals surface area contributed by atoms with Crippen LogP contribution in [-0.4, -0.2) is 37.0 Å². The molecule has 21 heavy (non-hydrogen) atoms. The lowest BCUT2D eigenvalue weighted by molar-refractivity contribution is 0.251. The number of hydrogen-bond donors (Lipinski definition) is 2. The van der Waals surface area contributed by atoms with Crippen LogP contribution in [0.5, 0.6) is 0 Å². The van der Waals surface area contributed by atoms with Crippen molar-refractivity contribution >= 4 is 5.96 Å². The molecular formula is C17H28N4. The number of benzene rings is 1. The van der Waals surface area contributed by atoms with Gasteiger partial charge in [-0.15, -0.1) is 0 Å². The van der Waals surface area contributed by atoms with E-state index in [1.807, 2.05) is 0 Å². The van der Waals surface area contributed by atoms with E-state index in [0.717, 1.165) is 39.1 Å². The van der Waals surface area contributed by atoms with Gasteiger partial charge >= 0.3 is 0 Å². The molecule has 0 fully saturated rings. The summed E-state index contributed by atoms with van der Waals surface area (Å²) in [6, 6.07) is 8.77. The predicted octanol–water partition coefficient (Wildman–Crippen LogP) is 2.00. The first-order valence-electron chi connectivity index (χ1n) is 7.98. The highest BCUT2D eigenvalue weighted by Gasteiger charge is 2.14. The van der Waals surface area contributed by atoms with Crippen molar-refractivity contribution in [1.29, 1.82) is 0 Å². The Balaban J connectivity index is 1.65. The van der Waals surface area contributed by atoms with Gasteiger partial charge < -0.3 is 11.1 Å². The monoisotopic (exact) mass is 288 g/mol. The second-order valence-corrected chi connectivity index (χ2v) is 6.19. The molecule has 0 saturated heterocycles. The molecular weight excluding hydrogens is 260 g/mol. The average molecular weight is 288 g/mol. The molecule has 0 atom stereocenters. The minimum atomic E-state index is 0.554. The molecule has 0 aromatic heterocycles. The molecule has 1 aromatic carbocycles. The first-order valence-corrected chi connectivity index (χ1v) is 7.98. The molecule has 1 aromatic rings. The largest absolute Gasteiger partial charge is 0.370 e. The fraction of sp³-hybridized carbons (Fsp3) is 0.588. The third kappa shape index (κ3) is 5.38. The Morgan fingerprint density at radius 1 is 1.33 bits per heavy atom. The van der Waals surface area contributed by atoms with Crippen molar-refractivity contribution in [2.24, 2.45) is 16.6 Å². The van der Waals surface area contributed by atoms with Gasteiger partial charge in [-0.25, -0.2) is 0 Å². The van der Waals surface area contributed by atoms with Crippen molar-refractivity contribution in [3.8, 4) is 0 Å². The topological polar surface area (TPSA) is 53.6 Å². The minimum Gasteiger partial charge on any atom is -0.370 e. The molecule has 116 valence electrons. The van der Waals surface area contributed by atoms with Crippen LogP contribution in [0.3, 0.4) is 0 Å². The van der Waals surface area contributed by atoms with Crippen LogP contribution in [0.25, 0.3) is 0 Å². The Morgan fingerprint density at radius 3 is 2.86 bits per heavy atom. The lowest BCUT2D eigenvalue weighted by Crippen LogP contribution is -2.36. The van der Waals surface area contributed by atoms with Crippen LogP contribution in [0.15, 0.2) is 29.3 Å². The zero-order valence-electron chi connectivity index (χ0n) is 13.3. The predicted molar refractivity (Wildman–Crippen MR) is 89.4 cm³/mol. The van der Waals surface area contributed by atoms with Gasteiger partial charge in [-0.2, -0.15) is 0 Å². The van der Waals surface area contributed by atoms with E-state index in [9.17, 15) is 0 Å². The molecule has 1 heterocycles. The van der Waals surface area contributed by atoms with Gasteiger partial charge in [0.2, 0.25) is 0 Å². The first kappa shape index (κ1) is 15.8. The maximum Gasteiger partial charge on any atom is 0.188 e. The standard InChI is InChI=1S/C17H28N4/c1-14(2)12-20-17(18)19-9-5-10-21-11-8-15-6-3-4-7-16(15)13-21/h3-4,6-7,14H,5,8-13H2,1-2H3,(H3,18,19,20). The molecule has 1 aliphatic rings. The van der Waals surface area contributed by atoms with E-state index in [4.69, 9.17) is 5.73 Å². The summed E-state index contributed by atoms with van der Waals surface area (Å²) in [6.07, 6.45) is 2.27. The Morgan fingerprint density at radius 2 is 2.10 bits per heavy atom. The van der Waals surface area contributed by atoms with E-state index in [2.05, 4.69) is 53.3 Å². The van der Waals surface area contributed by atoms with Crippen molar-refractivity contribution in [3.63, 3.8) is 0 Å². The highest BCUT2D eigenvalue weighted by molar-refractivity contribution is 5.77.